The summed E-state index contributed by atoms with van der Waals surface area (Å²) < 4.78 is 0. The van der Waals surface area contributed by atoms with Crippen LogP contribution in [-0.2, 0) is 0 Å². The summed E-state index contributed by atoms with van der Waals surface area (Å²) in [5.41, 5.74) is 7.96. The van der Waals surface area contributed by atoms with Gasteiger partial charge in [-0.2, -0.15) is 0 Å². The van der Waals surface area contributed by atoms with Crippen molar-refractivity contribution in [3.8, 4) is 0 Å². The van der Waals surface area contributed by atoms with E-state index in [1.54, 1.807) is 0 Å². The second kappa shape index (κ2) is 11.2. The molecule has 1 aromatic carbocycles. The molecule has 1 atom stereocenters. The molecule has 128 valence electrons. The van der Waals surface area contributed by atoms with Crippen LogP contribution < -0.4 is 21.5 Å². The molecule has 0 unspecified atom stereocenters. The number of nitrogens with one attached hydrogen (secondary N) is 4. The van der Waals surface area contributed by atoms with E-state index in [-0.39, 0.29) is 0 Å². The summed E-state index contributed by atoms with van der Waals surface area (Å²) in [6, 6.07) is 8.03. The predicted molar refractivity (Wildman–Crippen MR) is 108 cm³/mol. The summed E-state index contributed by atoms with van der Waals surface area (Å²) in [5.74, 6) is 0.659. The van der Waals surface area contributed by atoms with Crippen molar-refractivity contribution in [1.82, 2.24) is 16.2 Å². The molecule has 0 radical (unpaired) electrons. The van der Waals surface area contributed by atoms with Crippen molar-refractivity contribution < 1.29 is 0 Å². The molecule has 4 nitrogen and oxygen atoms in total. The molecule has 0 aliphatic carbocycles. The predicted octanol–water partition coefficient (Wildman–Crippen LogP) is 3.88. The number of anilines is 1. The summed E-state index contributed by atoms with van der Waals surface area (Å²) >= 11 is 10.5. The zero-order chi connectivity index (χ0) is 17.1. The molecule has 0 saturated heterocycles. The van der Waals surface area contributed by atoms with Crippen LogP contribution in [0.2, 0.25) is 0 Å². The maximum atomic E-state index is 5.26. The highest BCUT2D eigenvalue weighted by Gasteiger charge is 2.06. The SMILES string of the molecule is CCCC[C@@H](CC)CNC(=S)NNC(=S)Nc1cccc(C)c1. The Kier molecular flexibility index (Phi) is 9.55. The van der Waals surface area contributed by atoms with Crippen molar-refractivity contribution in [2.24, 2.45) is 5.92 Å². The van der Waals surface area contributed by atoms with Crippen LogP contribution in [0.5, 0.6) is 0 Å². The largest absolute Gasteiger partial charge is 0.361 e. The molecule has 23 heavy (non-hydrogen) atoms. The summed E-state index contributed by atoms with van der Waals surface area (Å²) in [5, 5.41) is 7.40. The van der Waals surface area contributed by atoms with E-state index in [2.05, 4.69) is 35.3 Å². The number of hydrazine groups is 1. The van der Waals surface area contributed by atoms with Gasteiger partial charge in [-0.15, -0.1) is 0 Å². The summed E-state index contributed by atoms with van der Waals surface area (Å²) in [6.07, 6.45) is 4.91. The van der Waals surface area contributed by atoms with Gasteiger partial charge in [0, 0.05) is 12.2 Å². The van der Waals surface area contributed by atoms with Crippen molar-refractivity contribution in [3.05, 3.63) is 29.8 Å². The van der Waals surface area contributed by atoms with Crippen molar-refractivity contribution in [1.29, 1.82) is 0 Å². The lowest BCUT2D eigenvalue weighted by molar-refractivity contribution is 0.444. The van der Waals surface area contributed by atoms with E-state index in [9.17, 15) is 0 Å². The topological polar surface area (TPSA) is 48.1 Å². The maximum absolute atomic E-state index is 5.26. The molecule has 1 aromatic rings. The molecule has 0 heterocycles. The highest BCUT2D eigenvalue weighted by molar-refractivity contribution is 7.80. The van der Waals surface area contributed by atoms with Crippen LogP contribution in [0.4, 0.5) is 5.69 Å². The molecule has 0 aromatic heterocycles. The van der Waals surface area contributed by atoms with Gasteiger partial charge < -0.3 is 10.6 Å². The van der Waals surface area contributed by atoms with E-state index < -0.39 is 0 Å². The maximum Gasteiger partial charge on any atom is 0.189 e. The molecule has 6 heteroatoms. The minimum atomic E-state index is 0.484. The van der Waals surface area contributed by atoms with Gasteiger partial charge >= 0.3 is 0 Å². The van der Waals surface area contributed by atoms with Crippen molar-refractivity contribution >= 4 is 40.3 Å². The molecule has 1 rings (SSSR count). The molecule has 0 fully saturated rings. The van der Waals surface area contributed by atoms with Gasteiger partial charge in [0.05, 0.1) is 0 Å². The Morgan fingerprint density at radius 2 is 1.87 bits per heavy atom. The Hall–Kier alpha value is -1.40. The molecule has 4 N–H and O–H groups in total. The van der Waals surface area contributed by atoms with Crippen molar-refractivity contribution in [2.45, 2.75) is 46.5 Å². The van der Waals surface area contributed by atoms with Gasteiger partial charge in [0.2, 0.25) is 0 Å². The first kappa shape index (κ1) is 19.6. The summed E-state index contributed by atoms with van der Waals surface area (Å²) in [4.78, 5) is 0. The van der Waals surface area contributed by atoms with E-state index in [0.29, 0.717) is 16.1 Å². The minimum absolute atomic E-state index is 0.484. The molecule has 0 saturated carbocycles. The third-order valence-corrected chi connectivity index (χ3v) is 4.11. The number of benzene rings is 1. The van der Waals surface area contributed by atoms with Gasteiger partial charge in [-0.3, -0.25) is 10.9 Å². The zero-order valence-corrected chi connectivity index (χ0v) is 15.9. The van der Waals surface area contributed by atoms with Crippen LogP contribution in [-0.4, -0.2) is 16.8 Å². The average molecular weight is 353 g/mol. The Morgan fingerprint density at radius 3 is 2.52 bits per heavy atom. The lowest BCUT2D eigenvalue weighted by Gasteiger charge is -2.18. The number of hydrogen-bond acceptors (Lipinski definition) is 2. The molecule has 0 spiro atoms. The van der Waals surface area contributed by atoms with Crippen LogP contribution in [0.15, 0.2) is 24.3 Å². The summed E-state index contributed by atoms with van der Waals surface area (Å²) in [7, 11) is 0. The van der Waals surface area contributed by atoms with Crippen molar-refractivity contribution in [2.75, 3.05) is 11.9 Å². The zero-order valence-electron chi connectivity index (χ0n) is 14.2. The Labute approximate surface area is 150 Å². The fourth-order valence-corrected chi connectivity index (χ4v) is 2.53. The van der Waals surface area contributed by atoms with Crippen LogP contribution in [0.3, 0.4) is 0 Å². The molecular formula is C17H28N4S2. The Bertz CT molecular complexity index is 505. The van der Waals surface area contributed by atoms with Crippen molar-refractivity contribution in [3.63, 3.8) is 0 Å². The lowest BCUT2D eigenvalue weighted by Crippen LogP contribution is -2.49. The molecule has 0 bridgehead atoms. The van der Waals surface area contributed by atoms with Crippen LogP contribution in [0.1, 0.15) is 45.1 Å². The number of thiocarbonyl (C=S) groups is 2. The third-order valence-electron chi connectivity index (χ3n) is 3.66. The molecule has 0 aliphatic rings. The first-order valence-electron chi connectivity index (χ1n) is 8.22. The highest BCUT2D eigenvalue weighted by Crippen LogP contribution is 2.11. The third kappa shape index (κ3) is 8.71. The Balaban J connectivity index is 2.25. The van der Waals surface area contributed by atoms with Crippen LogP contribution in [0, 0.1) is 12.8 Å². The van der Waals surface area contributed by atoms with E-state index in [1.165, 1.54) is 24.8 Å². The smallest absolute Gasteiger partial charge is 0.189 e. The van der Waals surface area contributed by atoms with E-state index in [0.717, 1.165) is 18.7 Å². The lowest BCUT2D eigenvalue weighted by atomic mass is 9.99. The van der Waals surface area contributed by atoms with Crippen LogP contribution >= 0.6 is 24.4 Å². The number of rotatable bonds is 7. The van der Waals surface area contributed by atoms with E-state index >= 15 is 0 Å². The quantitative estimate of drug-likeness (QED) is 0.441. The van der Waals surface area contributed by atoms with E-state index in [1.807, 2.05) is 31.2 Å². The highest BCUT2D eigenvalue weighted by atomic mass is 32.1. The average Bonchev–Trinajstić information content (AvgIpc) is 2.53. The summed E-state index contributed by atoms with van der Waals surface area (Å²) in [6.45, 7) is 7.37. The molecular weight excluding hydrogens is 324 g/mol. The fourth-order valence-electron chi connectivity index (χ4n) is 2.22. The monoisotopic (exact) mass is 352 g/mol. The number of hydrogen-bond donors (Lipinski definition) is 4. The van der Waals surface area contributed by atoms with Gasteiger partial charge in [-0.05, 0) is 61.4 Å². The van der Waals surface area contributed by atoms with Gasteiger partial charge in [-0.1, -0.05) is 45.2 Å². The second-order valence-electron chi connectivity index (χ2n) is 5.70. The Morgan fingerprint density at radius 1 is 1.13 bits per heavy atom. The molecule has 0 amide bonds. The molecule has 0 aliphatic heterocycles. The van der Waals surface area contributed by atoms with Crippen LogP contribution in [0.25, 0.3) is 0 Å². The first-order valence-corrected chi connectivity index (χ1v) is 9.04. The van der Waals surface area contributed by atoms with Gasteiger partial charge in [-0.25, -0.2) is 0 Å². The van der Waals surface area contributed by atoms with Gasteiger partial charge in [0.1, 0.15) is 0 Å². The fraction of sp³-hybridized carbons (Fsp3) is 0.529. The van der Waals surface area contributed by atoms with Gasteiger partial charge in [0.25, 0.3) is 0 Å². The van der Waals surface area contributed by atoms with E-state index in [4.69, 9.17) is 24.4 Å². The standard InChI is InChI=1S/C17H28N4S2/c1-4-6-9-14(5-2)12-18-16(22)20-21-17(23)19-15-10-7-8-13(3)11-15/h7-8,10-11,14H,4-6,9,12H2,1-3H3,(H2,18,20,22)(H2,19,21,23)/t14-/m1/s1. The van der Waals surface area contributed by atoms with Gasteiger partial charge in [0.15, 0.2) is 10.2 Å². The number of unbranched alkanes of at least 4 members (excludes halogenated alkanes) is 1. The number of aryl methyl sites for hydroxylation is 1. The minimum Gasteiger partial charge on any atom is -0.361 e. The normalized spacial score (nSPS) is 11.4. The first-order chi connectivity index (χ1) is 11.0. The second-order valence-corrected chi connectivity index (χ2v) is 6.52.